The Labute approximate surface area is 92.7 Å². The van der Waals surface area contributed by atoms with Crippen molar-refractivity contribution in [2.75, 3.05) is 14.2 Å². The van der Waals surface area contributed by atoms with Gasteiger partial charge in [-0.3, -0.25) is 0 Å². The van der Waals surface area contributed by atoms with Gasteiger partial charge in [0.15, 0.2) is 11.5 Å². The van der Waals surface area contributed by atoms with Gasteiger partial charge in [0.1, 0.15) is 0 Å². The van der Waals surface area contributed by atoms with Crippen molar-refractivity contribution in [2.24, 2.45) is 0 Å². The molecule has 0 saturated carbocycles. The molecule has 0 aliphatic rings. The third-order valence-corrected chi connectivity index (χ3v) is 2.15. The van der Waals surface area contributed by atoms with E-state index in [2.05, 4.69) is 22.5 Å². The van der Waals surface area contributed by atoms with Crippen molar-refractivity contribution in [1.29, 1.82) is 0 Å². The molecule has 14 heavy (non-hydrogen) atoms. The van der Waals surface area contributed by atoms with E-state index in [1.54, 1.807) is 14.2 Å². The Morgan fingerprint density at radius 3 is 2.57 bits per heavy atom. The molecule has 0 spiro atoms. The van der Waals surface area contributed by atoms with Crippen molar-refractivity contribution in [1.82, 2.24) is 0 Å². The van der Waals surface area contributed by atoms with E-state index in [4.69, 9.17) is 9.47 Å². The van der Waals surface area contributed by atoms with Crippen LogP contribution in [0.3, 0.4) is 0 Å². The highest BCUT2D eigenvalue weighted by Gasteiger charge is 2.08. The molecule has 0 heterocycles. The molecule has 1 aromatic rings. The topological polar surface area (TPSA) is 18.5 Å². The largest absolute Gasteiger partial charge is 0.493 e. The quantitative estimate of drug-likeness (QED) is 0.824. The average Bonchev–Trinajstić information content (AvgIpc) is 2.16. The van der Waals surface area contributed by atoms with Crippen LogP contribution in [-0.2, 0) is 6.42 Å². The van der Waals surface area contributed by atoms with Crippen molar-refractivity contribution < 1.29 is 9.47 Å². The summed E-state index contributed by atoms with van der Waals surface area (Å²) in [6.45, 7) is 3.80. The highest BCUT2D eigenvalue weighted by Crippen LogP contribution is 2.32. The van der Waals surface area contributed by atoms with E-state index in [9.17, 15) is 0 Å². The second-order valence-corrected chi connectivity index (χ2v) is 3.97. The predicted octanol–water partition coefficient (Wildman–Crippen LogP) is 3.15. The smallest absolute Gasteiger partial charge is 0.164 e. The van der Waals surface area contributed by atoms with Gasteiger partial charge in [0.2, 0.25) is 0 Å². The fraction of sp³-hybridized carbons (Fsp3) is 0.273. The molecule has 0 N–H and O–H groups in total. The fourth-order valence-electron chi connectivity index (χ4n) is 1.30. The summed E-state index contributed by atoms with van der Waals surface area (Å²) in [6, 6.07) is 5.81. The number of ether oxygens (including phenoxy) is 2. The van der Waals surface area contributed by atoms with E-state index < -0.39 is 0 Å². The third-order valence-electron chi connectivity index (χ3n) is 1.87. The standard InChI is InChI=1S/C11H13BrO2/c1-8(12)7-9-5-4-6-10(13-2)11(9)14-3/h4-6H,1,7H2,2-3H3. The first kappa shape index (κ1) is 11.1. The minimum absolute atomic E-state index is 0.736. The molecule has 2 nitrogen and oxygen atoms in total. The second kappa shape index (κ2) is 5.05. The molecule has 0 fully saturated rings. The first-order valence-electron chi connectivity index (χ1n) is 4.22. The van der Waals surface area contributed by atoms with Crippen molar-refractivity contribution in [3.8, 4) is 11.5 Å². The van der Waals surface area contributed by atoms with Crippen molar-refractivity contribution in [3.63, 3.8) is 0 Å². The monoisotopic (exact) mass is 256 g/mol. The molecule has 0 saturated heterocycles. The van der Waals surface area contributed by atoms with Gasteiger partial charge in [-0.25, -0.2) is 0 Å². The number of para-hydroxylation sites is 1. The van der Waals surface area contributed by atoms with Crippen LogP contribution in [0.2, 0.25) is 0 Å². The van der Waals surface area contributed by atoms with E-state index in [1.165, 1.54) is 0 Å². The molecular weight excluding hydrogens is 244 g/mol. The highest BCUT2D eigenvalue weighted by atomic mass is 79.9. The van der Waals surface area contributed by atoms with Crippen LogP contribution < -0.4 is 9.47 Å². The molecule has 0 aliphatic heterocycles. The lowest BCUT2D eigenvalue weighted by Gasteiger charge is -2.11. The summed E-state index contributed by atoms with van der Waals surface area (Å²) in [5.41, 5.74) is 1.06. The summed E-state index contributed by atoms with van der Waals surface area (Å²) in [7, 11) is 3.27. The van der Waals surface area contributed by atoms with Gasteiger partial charge >= 0.3 is 0 Å². The van der Waals surface area contributed by atoms with Gasteiger partial charge in [0.25, 0.3) is 0 Å². The van der Waals surface area contributed by atoms with E-state index >= 15 is 0 Å². The van der Waals surface area contributed by atoms with E-state index in [0.29, 0.717) is 0 Å². The van der Waals surface area contributed by atoms with E-state index in [-0.39, 0.29) is 0 Å². The zero-order chi connectivity index (χ0) is 10.6. The summed E-state index contributed by atoms with van der Waals surface area (Å²) in [5, 5.41) is 0. The minimum atomic E-state index is 0.736. The Morgan fingerprint density at radius 2 is 2.07 bits per heavy atom. The van der Waals surface area contributed by atoms with Crippen LogP contribution >= 0.6 is 15.9 Å². The maximum Gasteiger partial charge on any atom is 0.164 e. The van der Waals surface area contributed by atoms with Gasteiger partial charge in [-0.15, -0.1) is 0 Å². The van der Waals surface area contributed by atoms with Gasteiger partial charge in [-0.1, -0.05) is 34.6 Å². The average molecular weight is 257 g/mol. The highest BCUT2D eigenvalue weighted by molar-refractivity contribution is 9.11. The SMILES string of the molecule is C=C(Br)Cc1cccc(OC)c1OC. The van der Waals surface area contributed by atoms with Gasteiger partial charge in [-0.05, 0) is 10.5 Å². The van der Waals surface area contributed by atoms with E-state index in [0.717, 1.165) is 28.0 Å². The molecule has 0 amide bonds. The Hall–Kier alpha value is -0.960. The lowest BCUT2D eigenvalue weighted by molar-refractivity contribution is 0.352. The number of benzene rings is 1. The number of methoxy groups -OCH3 is 2. The Kier molecular flexibility index (Phi) is 4.01. The Balaban J connectivity index is 3.08. The number of rotatable bonds is 4. The summed E-state index contributed by atoms with van der Waals surface area (Å²) in [5.74, 6) is 1.52. The molecule has 0 aromatic heterocycles. The molecular formula is C11H13BrO2. The van der Waals surface area contributed by atoms with E-state index in [1.807, 2.05) is 18.2 Å². The number of allylic oxidation sites excluding steroid dienone is 1. The summed E-state index contributed by atoms with van der Waals surface area (Å²) >= 11 is 3.33. The molecule has 0 atom stereocenters. The molecule has 1 aromatic carbocycles. The van der Waals surface area contributed by atoms with Crippen molar-refractivity contribution >= 4 is 15.9 Å². The van der Waals surface area contributed by atoms with Crippen LogP contribution in [0.1, 0.15) is 5.56 Å². The summed E-state index contributed by atoms with van der Waals surface area (Å²) < 4.78 is 11.4. The van der Waals surface area contributed by atoms with Crippen LogP contribution in [0.25, 0.3) is 0 Å². The zero-order valence-electron chi connectivity index (χ0n) is 8.34. The maximum atomic E-state index is 5.28. The van der Waals surface area contributed by atoms with Gasteiger partial charge in [0.05, 0.1) is 14.2 Å². The lowest BCUT2D eigenvalue weighted by Crippen LogP contribution is -1.95. The Bertz CT molecular complexity index is 334. The Morgan fingerprint density at radius 1 is 1.36 bits per heavy atom. The third kappa shape index (κ3) is 2.51. The van der Waals surface area contributed by atoms with Gasteiger partial charge in [-0.2, -0.15) is 0 Å². The molecule has 3 heteroatoms. The maximum absolute atomic E-state index is 5.28. The molecule has 0 aliphatic carbocycles. The first-order chi connectivity index (χ1) is 6.69. The molecule has 0 unspecified atom stereocenters. The molecule has 0 bridgehead atoms. The number of hydrogen-bond donors (Lipinski definition) is 0. The summed E-state index contributed by atoms with van der Waals surface area (Å²) in [6.07, 6.45) is 0.736. The molecule has 1 rings (SSSR count). The lowest BCUT2D eigenvalue weighted by atomic mass is 10.1. The van der Waals surface area contributed by atoms with Gasteiger partial charge in [0, 0.05) is 12.0 Å². The number of halogens is 1. The van der Waals surface area contributed by atoms with Crippen LogP contribution in [0.4, 0.5) is 0 Å². The van der Waals surface area contributed by atoms with Crippen LogP contribution in [0.15, 0.2) is 29.3 Å². The molecule has 76 valence electrons. The first-order valence-corrected chi connectivity index (χ1v) is 5.01. The summed E-state index contributed by atoms with van der Waals surface area (Å²) in [4.78, 5) is 0. The van der Waals surface area contributed by atoms with Crippen LogP contribution in [0.5, 0.6) is 11.5 Å². The van der Waals surface area contributed by atoms with Gasteiger partial charge < -0.3 is 9.47 Å². The second-order valence-electron chi connectivity index (χ2n) is 2.85. The number of hydrogen-bond acceptors (Lipinski definition) is 2. The minimum Gasteiger partial charge on any atom is -0.493 e. The van der Waals surface area contributed by atoms with Crippen LogP contribution in [-0.4, -0.2) is 14.2 Å². The van der Waals surface area contributed by atoms with Crippen molar-refractivity contribution in [2.45, 2.75) is 6.42 Å². The predicted molar refractivity (Wildman–Crippen MR) is 61.3 cm³/mol. The molecule has 0 radical (unpaired) electrons. The normalized spacial score (nSPS) is 9.64. The van der Waals surface area contributed by atoms with Crippen LogP contribution in [0, 0.1) is 0 Å². The van der Waals surface area contributed by atoms with Crippen molar-refractivity contribution in [3.05, 3.63) is 34.8 Å². The fourth-order valence-corrected chi connectivity index (χ4v) is 1.60. The zero-order valence-corrected chi connectivity index (χ0v) is 9.93.